The molecule has 1 aromatic heterocycles. The van der Waals surface area contributed by atoms with E-state index in [1.54, 1.807) is 0 Å². The normalized spacial score (nSPS) is 6.57. The van der Waals surface area contributed by atoms with E-state index in [0.717, 1.165) is 11.0 Å². The van der Waals surface area contributed by atoms with Gasteiger partial charge in [0.1, 0.15) is 0 Å². The fraction of sp³-hybridized carbons (Fsp3) is 0. The minimum absolute atomic E-state index is 0. The molecule has 0 spiro atoms. The predicted octanol–water partition coefficient (Wildman–Crippen LogP) is 2.39. The Morgan fingerprint density at radius 2 is 1.50 bits per heavy atom. The Balaban J connectivity index is -0.0000001000. The van der Waals surface area contributed by atoms with Crippen LogP contribution in [0.2, 0.25) is 0 Å². The van der Waals surface area contributed by atoms with Crippen LogP contribution < -0.4 is 5.10 Å². The maximum absolute atomic E-state index is 3.76. The van der Waals surface area contributed by atoms with Gasteiger partial charge in [-0.3, -0.25) is 5.21 Å². The van der Waals surface area contributed by atoms with E-state index < -0.39 is 0 Å². The number of nitrogens with zero attached hydrogens (tertiary/aromatic N) is 3. The van der Waals surface area contributed by atoms with Crippen molar-refractivity contribution in [3.05, 3.63) is 54.0 Å². The van der Waals surface area contributed by atoms with Crippen molar-refractivity contribution in [1.82, 2.24) is 15.4 Å². The molecule has 1 heterocycles. The van der Waals surface area contributed by atoms with Crippen molar-refractivity contribution < 1.29 is 31.1 Å². The van der Waals surface area contributed by atoms with Crippen LogP contribution in [0.5, 0.6) is 0 Å². The molecule has 0 aliphatic carbocycles. The maximum atomic E-state index is 3.76. The standard InChI is InChI=1S/C6H4N3.4CH3.U/c1-2-4-6-5(3-1)7-9-8-6;;;;;/h1-4H;4*1H3;/q5*-1;. The number of hydrogen-bond donors (Lipinski definition) is 0. The van der Waals surface area contributed by atoms with Crippen LogP contribution in [0.4, 0.5) is 0 Å². The molecule has 0 unspecified atom stereocenters. The molecule has 0 saturated heterocycles. The molecule has 0 atom stereocenters. The zero-order valence-corrected chi connectivity index (χ0v) is 13.3. The van der Waals surface area contributed by atoms with Crippen molar-refractivity contribution in [1.29, 1.82) is 0 Å². The average molecular weight is 416 g/mol. The van der Waals surface area contributed by atoms with Crippen LogP contribution in [-0.2, 0) is 0 Å². The first kappa shape index (κ1) is 23.5. The molecule has 0 aliphatic rings. The third kappa shape index (κ3) is 4.78. The van der Waals surface area contributed by atoms with Gasteiger partial charge in [0.2, 0.25) is 0 Å². The smallest absolute Gasteiger partial charge is 0 e. The quantitative estimate of drug-likeness (QED) is 0.620. The largest absolute Gasteiger partial charge is 0.358 e. The minimum atomic E-state index is 0. The molecule has 0 amide bonds. The van der Waals surface area contributed by atoms with Gasteiger partial charge in [-0.25, -0.2) is 0 Å². The van der Waals surface area contributed by atoms with Gasteiger partial charge in [-0.05, 0) is 11.0 Å². The topological polar surface area (TPSA) is 39.9 Å². The monoisotopic (exact) mass is 416 g/mol. The van der Waals surface area contributed by atoms with Gasteiger partial charge in [0.15, 0.2) is 0 Å². The molecule has 0 bridgehead atoms. The SMILES string of the molecule is [CH3-].[CH3-].[CH3-].[CH3-].[U].c1ccc2[n-]nnc2c1. The van der Waals surface area contributed by atoms with E-state index in [4.69, 9.17) is 0 Å². The zero-order chi connectivity index (χ0) is 6.10. The number of hydrogen-bond acceptors (Lipinski definition) is 2. The molecule has 2 rings (SSSR count). The molecule has 0 saturated carbocycles. The molecule has 80 valence electrons. The first-order valence-electron chi connectivity index (χ1n) is 2.67. The van der Waals surface area contributed by atoms with E-state index in [0.29, 0.717) is 0 Å². The van der Waals surface area contributed by atoms with Crippen molar-refractivity contribution in [3.8, 4) is 0 Å². The van der Waals surface area contributed by atoms with Crippen LogP contribution >= 0.6 is 0 Å². The van der Waals surface area contributed by atoms with Crippen LogP contribution in [0.3, 0.4) is 0 Å². The van der Waals surface area contributed by atoms with Crippen LogP contribution in [0, 0.1) is 60.8 Å². The van der Waals surface area contributed by atoms with Gasteiger partial charge in [0, 0.05) is 31.1 Å². The molecule has 14 heavy (non-hydrogen) atoms. The molecule has 2 aromatic rings. The van der Waals surface area contributed by atoms with Crippen LogP contribution in [0.25, 0.3) is 11.0 Å². The van der Waals surface area contributed by atoms with Crippen molar-refractivity contribution in [2.24, 2.45) is 0 Å². The van der Waals surface area contributed by atoms with E-state index in [1.165, 1.54) is 0 Å². The first-order chi connectivity index (χ1) is 4.47. The molecule has 0 aliphatic heterocycles. The van der Waals surface area contributed by atoms with Crippen molar-refractivity contribution in [2.75, 3.05) is 0 Å². The number of benzene rings is 1. The van der Waals surface area contributed by atoms with Crippen molar-refractivity contribution in [3.63, 3.8) is 0 Å². The average Bonchev–Trinajstić information content (AvgIpc) is 2.33. The summed E-state index contributed by atoms with van der Waals surface area (Å²) >= 11 is 0. The fourth-order valence-corrected chi connectivity index (χ4v) is 0.752. The van der Waals surface area contributed by atoms with Gasteiger partial charge in [-0.15, -0.1) is 0 Å². The van der Waals surface area contributed by atoms with E-state index in [2.05, 4.69) is 15.4 Å². The second-order valence-electron chi connectivity index (χ2n) is 1.78. The van der Waals surface area contributed by atoms with Crippen molar-refractivity contribution >= 4 is 11.0 Å². The molecular formula is C10H16N3U-5. The Morgan fingerprint density at radius 3 is 2.07 bits per heavy atom. The summed E-state index contributed by atoms with van der Waals surface area (Å²) in [5.41, 5.74) is 1.72. The summed E-state index contributed by atoms with van der Waals surface area (Å²) in [6.45, 7) is 0. The second-order valence-corrected chi connectivity index (χ2v) is 1.78. The van der Waals surface area contributed by atoms with E-state index in [9.17, 15) is 0 Å². The Hall–Kier alpha value is -0.328. The number of rotatable bonds is 0. The Morgan fingerprint density at radius 1 is 0.929 bits per heavy atom. The molecule has 1 aromatic carbocycles. The summed E-state index contributed by atoms with van der Waals surface area (Å²) in [4.78, 5) is 0. The van der Waals surface area contributed by atoms with Gasteiger partial charge < -0.3 is 39.9 Å². The summed E-state index contributed by atoms with van der Waals surface area (Å²) in [6, 6.07) is 7.60. The van der Waals surface area contributed by atoms with Crippen LogP contribution in [0.15, 0.2) is 24.3 Å². The molecule has 4 heteroatoms. The predicted molar refractivity (Wildman–Crippen MR) is 58.5 cm³/mol. The molecule has 0 radical (unpaired) electrons. The number of aromatic nitrogens is 3. The third-order valence-electron chi connectivity index (χ3n) is 1.19. The van der Waals surface area contributed by atoms with Crippen molar-refractivity contribution in [2.45, 2.75) is 0 Å². The first-order valence-corrected chi connectivity index (χ1v) is 2.67. The number of fused-ring (bicyclic) bond motifs is 1. The summed E-state index contributed by atoms with van der Waals surface area (Å²) in [7, 11) is 0. The van der Waals surface area contributed by atoms with Gasteiger partial charge in [0.05, 0.1) is 0 Å². The third-order valence-corrected chi connectivity index (χ3v) is 1.19. The van der Waals surface area contributed by atoms with Gasteiger partial charge in [-0.2, -0.15) is 0 Å². The molecular weight excluding hydrogens is 400 g/mol. The molecule has 0 N–H and O–H groups in total. The van der Waals surface area contributed by atoms with Crippen LogP contribution in [-0.4, -0.2) is 10.3 Å². The summed E-state index contributed by atoms with van der Waals surface area (Å²) < 4.78 is 0. The second kappa shape index (κ2) is 10.8. The van der Waals surface area contributed by atoms with Gasteiger partial charge >= 0.3 is 0 Å². The van der Waals surface area contributed by atoms with E-state index in [1.807, 2.05) is 24.3 Å². The van der Waals surface area contributed by atoms with Gasteiger partial charge in [-0.1, -0.05) is 24.3 Å². The molecule has 3 nitrogen and oxygen atoms in total. The molecule has 0 fully saturated rings. The zero-order valence-electron chi connectivity index (χ0n) is 9.15. The minimum Gasteiger partial charge on any atom is -0.358 e. The summed E-state index contributed by atoms with van der Waals surface area (Å²) in [5.74, 6) is 0. The van der Waals surface area contributed by atoms with E-state index in [-0.39, 0.29) is 60.8 Å². The summed E-state index contributed by atoms with van der Waals surface area (Å²) in [6.07, 6.45) is 0. The van der Waals surface area contributed by atoms with Crippen LogP contribution in [0.1, 0.15) is 0 Å². The maximum Gasteiger partial charge on any atom is 0 e. The Bertz CT molecular complexity index is 289. The Labute approximate surface area is 111 Å². The fourth-order valence-electron chi connectivity index (χ4n) is 0.752. The van der Waals surface area contributed by atoms with Gasteiger partial charge in [0.25, 0.3) is 0 Å². The van der Waals surface area contributed by atoms with E-state index >= 15 is 0 Å². The Kier molecular flexibility index (Phi) is 18.0. The summed E-state index contributed by atoms with van der Waals surface area (Å²) in [5, 5.41) is 11.0.